The lowest BCUT2D eigenvalue weighted by atomic mass is 10.1. The molecule has 2 aliphatic heterocycles. The lowest BCUT2D eigenvalue weighted by Crippen LogP contribution is -2.30. The predicted molar refractivity (Wildman–Crippen MR) is 64.0 cm³/mol. The van der Waals surface area contributed by atoms with Gasteiger partial charge in [0, 0.05) is 13.0 Å². The van der Waals surface area contributed by atoms with E-state index in [1.807, 2.05) is 6.92 Å². The standard InChI is InChI=1S/C10H17NOS2/c1-2-9(12)8-6-10(7-11-8)13-4-3-5-14-10/h8,11H,2-7H2,1H3/t8-/m0/s1. The Hall–Kier alpha value is 0.330. The van der Waals surface area contributed by atoms with Gasteiger partial charge in [0.05, 0.1) is 10.1 Å². The quantitative estimate of drug-likeness (QED) is 0.786. The Balaban J connectivity index is 1.95. The third kappa shape index (κ3) is 2.12. The lowest BCUT2D eigenvalue weighted by Gasteiger charge is -2.31. The van der Waals surface area contributed by atoms with Crippen LogP contribution < -0.4 is 5.32 Å². The molecule has 0 amide bonds. The molecule has 14 heavy (non-hydrogen) atoms. The first-order chi connectivity index (χ1) is 6.76. The van der Waals surface area contributed by atoms with E-state index in [2.05, 4.69) is 28.8 Å². The van der Waals surface area contributed by atoms with Gasteiger partial charge >= 0.3 is 0 Å². The molecule has 1 N–H and O–H groups in total. The zero-order valence-electron chi connectivity index (χ0n) is 8.54. The normalized spacial score (nSPS) is 30.8. The van der Waals surface area contributed by atoms with Gasteiger partial charge in [-0.05, 0) is 24.3 Å². The van der Waals surface area contributed by atoms with Crippen LogP contribution in [0.5, 0.6) is 0 Å². The summed E-state index contributed by atoms with van der Waals surface area (Å²) in [4.78, 5) is 11.6. The number of thioether (sulfide) groups is 2. The molecule has 0 unspecified atom stereocenters. The van der Waals surface area contributed by atoms with Crippen molar-refractivity contribution in [1.29, 1.82) is 0 Å². The van der Waals surface area contributed by atoms with Crippen molar-refractivity contribution in [2.45, 2.75) is 36.3 Å². The molecule has 4 heteroatoms. The molecule has 2 heterocycles. The van der Waals surface area contributed by atoms with Crippen molar-refractivity contribution in [3.63, 3.8) is 0 Å². The molecule has 2 saturated heterocycles. The first-order valence-electron chi connectivity index (χ1n) is 5.30. The molecule has 0 aliphatic carbocycles. The largest absolute Gasteiger partial charge is 0.305 e. The lowest BCUT2D eigenvalue weighted by molar-refractivity contribution is -0.120. The highest BCUT2D eigenvalue weighted by Crippen LogP contribution is 2.47. The van der Waals surface area contributed by atoms with E-state index >= 15 is 0 Å². The van der Waals surface area contributed by atoms with Crippen molar-refractivity contribution in [2.24, 2.45) is 0 Å². The molecule has 1 spiro atoms. The number of ketones is 1. The number of carbonyl (C=O) groups is 1. The van der Waals surface area contributed by atoms with Gasteiger partial charge < -0.3 is 5.32 Å². The van der Waals surface area contributed by atoms with Crippen molar-refractivity contribution in [3.05, 3.63) is 0 Å². The summed E-state index contributed by atoms with van der Waals surface area (Å²) in [5, 5.41) is 3.38. The molecule has 0 aromatic rings. The van der Waals surface area contributed by atoms with E-state index in [0.717, 1.165) is 13.0 Å². The number of hydrogen-bond acceptors (Lipinski definition) is 4. The van der Waals surface area contributed by atoms with Crippen LogP contribution in [-0.2, 0) is 4.79 Å². The minimum absolute atomic E-state index is 0.137. The molecular formula is C10H17NOS2. The second kappa shape index (κ2) is 4.45. The minimum Gasteiger partial charge on any atom is -0.305 e. The summed E-state index contributed by atoms with van der Waals surface area (Å²) in [7, 11) is 0. The van der Waals surface area contributed by atoms with Crippen molar-refractivity contribution in [2.75, 3.05) is 18.1 Å². The number of Topliss-reactive ketones (excluding diaryl/α,β-unsaturated/α-hetero) is 1. The topological polar surface area (TPSA) is 29.1 Å². The van der Waals surface area contributed by atoms with E-state index in [9.17, 15) is 4.79 Å². The van der Waals surface area contributed by atoms with Crippen LogP contribution in [0.3, 0.4) is 0 Å². The van der Waals surface area contributed by atoms with Gasteiger partial charge in [-0.1, -0.05) is 6.92 Å². The first kappa shape index (κ1) is 10.8. The Morgan fingerprint density at radius 3 is 2.86 bits per heavy atom. The van der Waals surface area contributed by atoms with Crippen LogP contribution in [-0.4, -0.2) is 34.0 Å². The molecule has 80 valence electrons. The van der Waals surface area contributed by atoms with E-state index in [1.54, 1.807) is 0 Å². The van der Waals surface area contributed by atoms with Gasteiger partial charge in [-0.2, -0.15) is 0 Å². The molecule has 2 aliphatic rings. The fraction of sp³-hybridized carbons (Fsp3) is 0.900. The van der Waals surface area contributed by atoms with E-state index in [0.29, 0.717) is 16.3 Å². The average molecular weight is 231 g/mol. The van der Waals surface area contributed by atoms with E-state index in [1.165, 1.54) is 17.9 Å². The molecule has 0 bridgehead atoms. The maximum atomic E-state index is 11.6. The fourth-order valence-corrected chi connectivity index (χ4v) is 5.32. The Morgan fingerprint density at radius 1 is 1.50 bits per heavy atom. The molecule has 2 fully saturated rings. The van der Waals surface area contributed by atoms with E-state index in [4.69, 9.17) is 0 Å². The highest BCUT2D eigenvalue weighted by molar-refractivity contribution is 8.18. The second-order valence-electron chi connectivity index (χ2n) is 3.92. The summed E-state index contributed by atoms with van der Waals surface area (Å²) in [5.74, 6) is 2.91. The van der Waals surface area contributed by atoms with Crippen LogP contribution in [0.25, 0.3) is 0 Å². The zero-order valence-corrected chi connectivity index (χ0v) is 10.2. The maximum absolute atomic E-state index is 11.6. The summed E-state index contributed by atoms with van der Waals surface area (Å²) in [6, 6.07) is 0.137. The average Bonchev–Trinajstić information content (AvgIpc) is 2.62. The first-order valence-corrected chi connectivity index (χ1v) is 7.27. The van der Waals surface area contributed by atoms with Crippen molar-refractivity contribution >= 4 is 29.3 Å². The highest BCUT2D eigenvalue weighted by Gasteiger charge is 2.42. The van der Waals surface area contributed by atoms with Crippen LogP contribution in [0.1, 0.15) is 26.2 Å². The Labute approximate surface area is 94.0 Å². The van der Waals surface area contributed by atoms with Gasteiger partial charge in [-0.15, -0.1) is 23.5 Å². The summed E-state index contributed by atoms with van der Waals surface area (Å²) < 4.78 is 0.327. The zero-order chi connectivity index (χ0) is 10.0. The van der Waals surface area contributed by atoms with Gasteiger partial charge in [0.25, 0.3) is 0 Å². The molecule has 1 atom stereocenters. The summed E-state index contributed by atoms with van der Waals surface area (Å²) in [5.41, 5.74) is 0. The molecule has 0 radical (unpaired) electrons. The van der Waals surface area contributed by atoms with Gasteiger partial charge in [-0.3, -0.25) is 4.79 Å². The van der Waals surface area contributed by atoms with Crippen LogP contribution in [0.4, 0.5) is 0 Å². The van der Waals surface area contributed by atoms with Crippen LogP contribution in [0.15, 0.2) is 0 Å². The monoisotopic (exact) mass is 231 g/mol. The minimum atomic E-state index is 0.137. The number of nitrogens with one attached hydrogen (secondary N) is 1. The second-order valence-corrected chi connectivity index (χ2v) is 7.13. The van der Waals surface area contributed by atoms with Crippen LogP contribution in [0, 0.1) is 0 Å². The van der Waals surface area contributed by atoms with Crippen molar-refractivity contribution < 1.29 is 4.79 Å². The van der Waals surface area contributed by atoms with Gasteiger partial charge in [0.2, 0.25) is 0 Å². The van der Waals surface area contributed by atoms with E-state index in [-0.39, 0.29) is 6.04 Å². The molecule has 0 aromatic carbocycles. The van der Waals surface area contributed by atoms with Gasteiger partial charge in [0.15, 0.2) is 0 Å². The molecular weight excluding hydrogens is 214 g/mol. The summed E-state index contributed by atoms with van der Waals surface area (Å²) in [6.07, 6.45) is 3.03. The van der Waals surface area contributed by atoms with E-state index < -0.39 is 0 Å². The summed E-state index contributed by atoms with van der Waals surface area (Å²) >= 11 is 4.11. The van der Waals surface area contributed by atoms with Gasteiger partial charge in [-0.25, -0.2) is 0 Å². The Morgan fingerprint density at radius 2 is 2.21 bits per heavy atom. The highest BCUT2D eigenvalue weighted by atomic mass is 32.2. The van der Waals surface area contributed by atoms with Crippen molar-refractivity contribution in [3.8, 4) is 0 Å². The third-order valence-electron chi connectivity index (χ3n) is 2.89. The summed E-state index contributed by atoms with van der Waals surface area (Å²) in [6.45, 7) is 2.97. The maximum Gasteiger partial charge on any atom is 0.149 e. The smallest absolute Gasteiger partial charge is 0.149 e. The van der Waals surface area contributed by atoms with Crippen LogP contribution >= 0.6 is 23.5 Å². The molecule has 0 aromatic heterocycles. The third-order valence-corrected chi connectivity index (χ3v) is 6.26. The Kier molecular flexibility index (Phi) is 3.45. The molecule has 2 nitrogen and oxygen atoms in total. The van der Waals surface area contributed by atoms with Crippen molar-refractivity contribution in [1.82, 2.24) is 5.32 Å². The Bertz CT molecular complexity index is 226. The number of hydrogen-bond donors (Lipinski definition) is 1. The fourth-order valence-electron chi connectivity index (χ4n) is 2.04. The number of rotatable bonds is 2. The number of carbonyl (C=O) groups excluding carboxylic acids is 1. The van der Waals surface area contributed by atoms with Gasteiger partial charge in [0.1, 0.15) is 5.78 Å². The molecule has 0 saturated carbocycles. The van der Waals surface area contributed by atoms with Crippen LogP contribution in [0.2, 0.25) is 0 Å². The SMILES string of the molecule is CCC(=O)[C@@H]1CC2(CN1)SCCCS2. The molecule has 2 rings (SSSR count). The predicted octanol–water partition coefficient (Wildman–Crippen LogP) is 1.89.